The van der Waals surface area contributed by atoms with E-state index in [9.17, 15) is 14.7 Å². The molecule has 9 heteroatoms. The normalized spacial score (nSPS) is 20.7. The van der Waals surface area contributed by atoms with Crippen LogP contribution < -0.4 is 9.47 Å². The Labute approximate surface area is 190 Å². The summed E-state index contributed by atoms with van der Waals surface area (Å²) in [5, 5.41) is 9.56. The number of carbonyl (C=O) groups is 2. The van der Waals surface area contributed by atoms with Crippen LogP contribution in [-0.2, 0) is 14.3 Å². The van der Waals surface area contributed by atoms with E-state index in [1.165, 1.54) is 4.90 Å². The number of amides is 1. The van der Waals surface area contributed by atoms with Gasteiger partial charge in [0.15, 0.2) is 17.1 Å². The molecule has 0 spiro atoms. The van der Waals surface area contributed by atoms with Gasteiger partial charge in [0.2, 0.25) is 0 Å². The Morgan fingerprint density at radius 3 is 2.34 bits per heavy atom. The summed E-state index contributed by atoms with van der Waals surface area (Å²) >= 11 is 0. The number of rotatable bonds is 10. The molecule has 1 fully saturated rings. The van der Waals surface area contributed by atoms with E-state index in [2.05, 4.69) is 0 Å². The Kier molecular flexibility index (Phi) is 9.15. The number of esters is 1. The van der Waals surface area contributed by atoms with Crippen molar-refractivity contribution in [2.45, 2.75) is 45.4 Å². The highest BCUT2D eigenvalue weighted by molar-refractivity contribution is 5.76. The second-order valence-electron chi connectivity index (χ2n) is 8.52. The summed E-state index contributed by atoms with van der Waals surface area (Å²) in [7, 11) is 3.65. The van der Waals surface area contributed by atoms with Gasteiger partial charge in [-0.3, -0.25) is 9.69 Å². The molecule has 3 atom stereocenters. The summed E-state index contributed by atoms with van der Waals surface area (Å²) < 4.78 is 23.6. The topological polar surface area (TPSA) is 97.8 Å². The van der Waals surface area contributed by atoms with Crippen LogP contribution in [0, 0.1) is 5.92 Å². The van der Waals surface area contributed by atoms with Crippen LogP contribution in [0.25, 0.3) is 0 Å². The summed E-state index contributed by atoms with van der Waals surface area (Å²) in [6, 6.07) is 6.80. The lowest BCUT2D eigenvalue weighted by Crippen LogP contribution is -2.62. The standard InChI is InChI=1S/C23H36N2O7/c1-7-29-18-10-8-9-11-19(18)30-15-23(14-25(22(27)28)12-13-31-23)17(4)32-21(26)20(16(2)3)24(5)6/h8-11,16-17,20H,7,12-15H2,1-6H3,(H,27,28). The number of carboxylic acid groups (broad SMARTS) is 1. The van der Waals surface area contributed by atoms with Crippen molar-refractivity contribution in [3.8, 4) is 11.5 Å². The first-order valence-electron chi connectivity index (χ1n) is 10.9. The van der Waals surface area contributed by atoms with Crippen LogP contribution in [0.5, 0.6) is 11.5 Å². The van der Waals surface area contributed by atoms with Crippen molar-refractivity contribution in [2.75, 3.05) is 47.0 Å². The van der Waals surface area contributed by atoms with E-state index in [1.54, 1.807) is 19.1 Å². The molecular formula is C23H36N2O7. The minimum absolute atomic E-state index is 0.0103. The van der Waals surface area contributed by atoms with E-state index in [4.69, 9.17) is 18.9 Å². The molecule has 9 nitrogen and oxygen atoms in total. The smallest absolute Gasteiger partial charge is 0.407 e. The summed E-state index contributed by atoms with van der Waals surface area (Å²) in [5.74, 6) is 0.741. The molecule has 1 amide bonds. The van der Waals surface area contributed by atoms with E-state index in [0.29, 0.717) is 18.1 Å². The van der Waals surface area contributed by atoms with Crippen LogP contribution in [-0.4, -0.2) is 91.7 Å². The minimum atomic E-state index is -1.17. The number of nitrogens with zero attached hydrogens (tertiary/aromatic N) is 2. The molecule has 3 unspecified atom stereocenters. The zero-order chi connectivity index (χ0) is 23.9. The van der Waals surface area contributed by atoms with Crippen LogP contribution in [0.15, 0.2) is 24.3 Å². The fourth-order valence-electron chi connectivity index (χ4n) is 3.90. The largest absolute Gasteiger partial charge is 0.490 e. The summed E-state index contributed by atoms with van der Waals surface area (Å²) in [6.07, 6.45) is -1.81. The Hall–Kier alpha value is -2.52. The Balaban J connectivity index is 2.27. The molecule has 0 bridgehead atoms. The van der Waals surface area contributed by atoms with Crippen LogP contribution in [0.3, 0.4) is 0 Å². The number of hydrogen-bond donors (Lipinski definition) is 1. The van der Waals surface area contributed by atoms with Crippen molar-refractivity contribution in [3.05, 3.63) is 24.3 Å². The molecule has 0 saturated carbocycles. The number of para-hydroxylation sites is 2. The number of benzene rings is 1. The molecule has 1 N–H and O–H groups in total. The fraction of sp³-hybridized carbons (Fsp3) is 0.652. The Morgan fingerprint density at radius 2 is 1.81 bits per heavy atom. The van der Waals surface area contributed by atoms with Gasteiger partial charge in [0, 0.05) is 6.54 Å². The molecule has 1 aliphatic heterocycles. The number of ether oxygens (including phenoxy) is 4. The van der Waals surface area contributed by atoms with E-state index in [0.717, 1.165) is 0 Å². The minimum Gasteiger partial charge on any atom is -0.490 e. The zero-order valence-corrected chi connectivity index (χ0v) is 19.9. The summed E-state index contributed by atoms with van der Waals surface area (Å²) in [6.45, 7) is 8.38. The van der Waals surface area contributed by atoms with Gasteiger partial charge in [0.05, 0.1) is 19.8 Å². The molecule has 1 aromatic rings. The van der Waals surface area contributed by atoms with Crippen molar-refractivity contribution in [3.63, 3.8) is 0 Å². The van der Waals surface area contributed by atoms with E-state index >= 15 is 0 Å². The average molecular weight is 453 g/mol. The molecule has 1 aromatic carbocycles. The van der Waals surface area contributed by atoms with Crippen molar-refractivity contribution in [1.29, 1.82) is 0 Å². The molecule has 0 radical (unpaired) electrons. The lowest BCUT2D eigenvalue weighted by atomic mass is 9.95. The third-order valence-electron chi connectivity index (χ3n) is 5.56. The van der Waals surface area contributed by atoms with Gasteiger partial charge in [0.1, 0.15) is 18.8 Å². The maximum atomic E-state index is 12.9. The van der Waals surface area contributed by atoms with E-state index in [-0.39, 0.29) is 38.2 Å². The monoisotopic (exact) mass is 452 g/mol. The molecule has 2 rings (SSSR count). The second kappa shape index (κ2) is 11.4. The third-order valence-corrected chi connectivity index (χ3v) is 5.56. The quantitative estimate of drug-likeness (QED) is 0.541. The Morgan fingerprint density at radius 1 is 1.19 bits per heavy atom. The summed E-state index contributed by atoms with van der Waals surface area (Å²) in [4.78, 5) is 27.7. The summed E-state index contributed by atoms with van der Waals surface area (Å²) in [5.41, 5.74) is -1.17. The van der Waals surface area contributed by atoms with Crippen LogP contribution in [0.4, 0.5) is 4.79 Å². The highest BCUT2D eigenvalue weighted by atomic mass is 16.6. The predicted molar refractivity (Wildman–Crippen MR) is 119 cm³/mol. The van der Waals surface area contributed by atoms with Gasteiger partial charge in [-0.1, -0.05) is 26.0 Å². The van der Waals surface area contributed by atoms with Gasteiger partial charge in [-0.15, -0.1) is 0 Å². The molecule has 1 saturated heterocycles. The lowest BCUT2D eigenvalue weighted by Gasteiger charge is -2.44. The predicted octanol–water partition coefficient (Wildman–Crippen LogP) is 2.73. The van der Waals surface area contributed by atoms with Gasteiger partial charge in [-0.25, -0.2) is 4.79 Å². The van der Waals surface area contributed by atoms with E-state index in [1.807, 2.05) is 51.9 Å². The zero-order valence-electron chi connectivity index (χ0n) is 19.9. The third kappa shape index (κ3) is 6.26. The average Bonchev–Trinajstić information content (AvgIpc) is 2.72. The van der Waals surface area contributed by atoms with Crippen LogP contribution in [0.1, 0.15) is 27.7 Å². The van der Waals surface area contributed by atoms with Crippen LogP contribution in [0.2, 0.25) is 0 Å². The number of hydrogen-bond acceptors (Lipinski definition) is 7. The molecule has 180 valence electrons. The fourth-order valence-corrected chi connectivity index (χ4v) is 3.90. The van der Waals surface area contributed by atoms with Gasteiger partial charge in [0.25, 0.3) is 0 Å². The van der Waals surface area contributed by atoms with Crippen LogP contribution >= 0.6 is 0 Å². The maximum Gasteiger partial charge on any atom is 0.407 e. The molecule has 1 aliphatic rings. The first kappa shape index (κ1) is 25.7. The van der Waals surface area contributed by atoms with Gasteiger partial charge < -0.3 is 29.0 Å². The number of carbonyl (C=O) groups excluding carboxylic acids is 1. The van der Waals surface area contributed by atoms with Gasteiger partial charge in [-0.2, -0.15) is 0 Å². The first-order valence-corrected chi connectivity index (χ1v) is 10.9. The number of morpholine rings is 1. The van der Waals surface area contributed by atoms with E-state index < -0.39 is 23.8 Å². The van der Waals surface area contributed by atoms with Crippen molar-refractivity contribution in [1.82, 2.24) is 9.80 Å². The lowest BCUT2D eigenvalue weighted by molar-refractivity contribution is -0.198. The van der Waals surface area contributed by atoms with Gasteiger partial charge in [-0.05, 0) is 46.0 Å². The molecular weight excluding hydrogens is 416 g/mol. The number of likely N-dealkylation sites (N-methyl/N-ethyl adjacent to an activating group) is 1. The Bertz CT molecular complexity index is 762. The highest BCUT2D eigenvalue weighted by Crippen LogP contribution is 2.31. The SMILES string of the molecule is CCOc1ccccc1OCC1(C(C)OC(=O)C(C(C)C)N(C)C)CN(C(=O)O)CCO1. The van der Waals surface area contributed by atoms with Gasteiger partial charge >= 0.3 is 12.1 Å². The molecule has 0 aromatic heterocycles. The second-order valence-corrected chi connectivity index (χ2v) is 8.52. The van der Waals surface area contributed by atoms with Crippen molar-refractivity contribution in [2.24, 2.45) is 5.92 Å². The maximum absolute atomic E-state index is 12.9. The molecule has 1 heterocycles. The van der Waals surface area contributed by atoms with Crippen molar-refractivity contribution < 1.29 is 33.6 Å². The molecule has 0 aliphatic carbocycles. The highest BCUT2D eigenvalue weighted by Gasteiger charge is 2.47. The molecule has 32 heavy (non-hydrogen) atoms. The van der Waals surface area contributed by atoms with Crippen molar-refractivity contribution >= 4 is 12.1 Å². The first-order chi connectivity index (χ1) is 15.1.